The Labute approximate surface area is 78.6 Å². The maximum atomic E-state index is 11.3. The summed E-state index contributed by atoms with van der Waals surface area (Å²) in [6.45, 7) is 6.86. The number of amides is 1. The first-order valence-electron chi connectivity index (χ1n) is 4.32. The van der Waals surface area contributed by atoms with Crippen LogP contribution in [0, 0.1) is 5.41 Å². The predicted octanol–water partition coefficient (Wildman–Crippen LogP) is 1.06. The van der Waals surface area contributed by atoms with E-state index >= 15 is 0 Å². The molecule has 1 N–H and O–H groups in total. The predicted molar refractivity (Wildman–Crippen MR) is 48.8 cm³/mol. The number of esters is 1. The summed E-state index contributed by atoms with van der Waals surface area (Å²) in [6, 6.07) is 0. The van der Waals surface area contributed by atoms with Crippen LogP contribution in [0.3, 0.4) is 0 Å². The summed E-state index contributed by atoms with van der Waals surface area (Å²) in [5, 5.41) is 2.39. The molecule has 0 aromatic heterocycles. The van der Waals surface area contributed by atoms with E-state index in [4.69, 9.17) is 4.74 Å². The van der Waals surface area contributed by atoms with Crippen LogP contribution in [-0.2, 0) is 14.3 Å². The fraction of sp³-hybridized carbons (Fsp3) is 0.778. The van der Waals surface area contributed by atoms with E-state index in [2.05, 4.69) is 5.32 Å². The van der Waals surface area contributed by atoms with Gasteiger partial charge in [-0.1, -0.05) is 6.92 Å². The highest BCUT2D eigenvalue weighted by atomic mass is 16.5. The molecule has 4 heteroatoms. The van der Waals surface area contributed by atoms with Crippen molar-refractivity contribution in [3.63, 3.8) is 0 Å². The van der Waals surface area contributed by atoms with Gasteiger partial charge in [-0.05, 0) is 20.3 Å². The van der Waals surface area contributed by atoms with Crippen LogP contribution in [0.2, 0.25) is 0 Å². The summed E-state index contributed by atoms with van der Waals surface area (Å²) in [7, 11) is 0. The van der Waals surface area contributed by atoms with Gasteiger partial charge in [0.15, 0.2) is 6.73 Å². The van der Waals surface area contributed by atoms with Gasteiger partial charge in [0.2, 0.25) is 5.91 Å². The van der Waals surface area contributed by atoms with Gasteiger partial charge in [-0.3, -0.25) is 9.59 Å². The summed E-state index contributed by atoms with van der Waals surface area (Å²) in [5.74, 6) is -0.495. The number of ether oxygens (including phenoxy) is 1. The van der Waals surface area contributed by atoms with Crippen LogP contribution in [-0.4, -0.2) is 18.6 Å². The smallest absolute Gasteiger partial charge is 0.313 e. The van der Waals surface area contributed by atoms with Crippen LogP contribution in [0.1, 0.15) is 34.1 Å². The van der Waals surface area contributed by atoms with Crippen molar-refractivity contribution in [2.75, 3.05) is 6.73 Å². The molecule has 76 valence electrons. The molecule has 0 aliphatic carbocycles. The minimum atomic E-state index is -0.474. The first kappa shape index (κ1) is 11.9. The Balaban J connectivity index is 3.81. The van der Waals surface area contributed by atoms with Crippen LogP contribution >= 0.6 is 0 Å². The molecule has 0 spiro atoms. The third-order valence-corrected chi connectivity index (χ3v) is 1.96. The zero-order valence-corrected chi connectivity index (χ0v) is 8.64. The van der Waals surface area contributed by atoms with E-state index in [1.165, 1.54) is 6.92 Å². The third kappa shape index (κ3) is 4.50. The first-order valence-corrected chi connectivity index (χ1v) is 4.32. The maximum absolute atomic E-state index is 11.3. The molecule has 0 atom stereocenters. The summed E-state index contributed by atoms with van der Waals surface area (Å²) < 4.78 is 4.84. The zero-order valence-electron chi connectivity index (χ0n) is 8.64. The van der Waals surface area contributed by atoms with Crippen LogP contribution in [0.5, 0.6) is 0 Å². The standard InChI is InChI=1S/C9H17NO3/c1-5-9(3,4)8(12)13-6-10-7(2)11/h5-6H2,1-4H3,(H,10,11). The fourth-order valence-electron chi connectivity index (χ4n) is 0.543. The molecule has 0 saturated carbocycles. The molecule has 0 aromatic rings. The molecule has 0 aliphatic heterocycles. The lowest BCUT2D eigenvalue weighted by molar-refractivity contribution is -0.155. The summed E-state index contributed by atoms with van der Waals surface area (Å²) in [5.41, 5.74) is -0.474. The Hall–Kier alpha value is -1.06. The van der Waals surface area contributed by atoms with E-state index in [9.17, 15) is 9.59 Å². The van der Waals surface area contributed by atoms with Crippen LogP contribution in [0.15, 0.2) is 0 Å². The Morgan fingerprint density at radius 3 is 2.31 bits per heavy atom. The second-order valence-corrected chi connectivity index (χ2v) is 3.55. The van der Waals surface area contributed by atoms with Gasteiger partial charge in [-0.2, -0.15) is 0 Å². The fourth-order valence-corrected chi connectivity index (χ4v) is 0.543. The molecule has 0 heterocycles. The number of hydrogen-bond donors (Lipinski definition) is 1. The Kier molecular flexibility index (Phi) is 4.45. The topological polar surface area (TPSA) is 55.4 Å². The van der Waals surface area contributed by atoms with Gasteiger partial charge in [0.05, 0.1) is 5.41 Å². The summed E-state index contributed by atoms with van der Waals surface area (Å²) in [6.07, 6.45) is 0.714. The average molecular weight is 187 g/mol. The Morgan fingerprint density at radius 1 is 1.38 bits per heavy atom. The zero-order chi connectivity index (χ0) is 10.5. The van der Waals surface area contributed by atoms with E-state index < -0.39 is 5.41 Å². The molecule has 0 rings (SSSR count). The summed E-state index contributed by atoms with van der Waals surface area (Å²) in [4.78, 5) is 21.7. The lowest BCUT2D eigenvalue weighted by Gasteiger charge is -2.20. The molecule has 0 aliphatic rings. The lowest BCUT2D eigenvalue weighted by atomic mass is 9.91. The van der Waals surface area contributed by atoms with E-state index in [0.29, 0.717) is 6.42 Å². The van der Waals surface area contributed by atoms with Crippen molar-refractivity contribution in [1.82, 2.24) is 5.32 Å². The minimum Gasteiger partial charge on any atom is -0.444 e. The van der Waals surface area contributed by atoms with Crippen LogP contribution in [0.4, 0.5) is 0 Å². The first-order chi connectivity index (χ1) is 5.90. The lowest BCUT2D eigenvalue weighted by Crippen LogP contribution is -2.31. The highest BCUT2D eigenvalue weighted by Gasteiger charge is 2.26. The molecule has 0 bridgehead atoms. The minimum absolute atomic E-state index is 0.0441. The van der Waals surface area contributed by atoms with Crippen molar-refractivity contribution in [3.8, 4) is 0 Å². The van der Waals surface area contributed by atoms with E-state index in [1.807, 2.05) is 20.8 Å². The normalized spacial score (nSPS) is 10.8. The average Bonchev–Trinajstić information content (AvgIpc) is 2.03. The molecule has 0 unspecified atom stereocenters. The van der Waals surface area contributed by atoms with Crippen molar-refractivity contribution in [2.45, 2.75) is 34.1 Å². The molecule has 13 heavy (non-hydrogen) atoms. The number of nitrogens with one attached hydrogen (secondary N) is 1. The van der Waals surface area contributed by atoms with Gasteiger partial charge >= 0.3 is 5.97 Å². The number of carbonyl (C=O) groups excluding carboxylic acids is 2. The highest BCUT2D eigenvalue weighted by molar-refractivity contribution is 5.76. The Bertz CT molecular complexity index is 199. The largest absolute Gasteiger partial charge is 0.444 e. The highest BCUT2D eigenvalue weighted by Crippen LogP contribution is 2.20. The SMILES string of the molecule is CCC(C)(C)C(=O)OCNC(C)=O. The molecule has 0 radical (unpaired) electrons. The Morgan fingerprint density at radius 2 is 1.92 bits per heavy atom. The molecule has 4 nitrogen and oxygen atoms in total. The number of rotatable bonds is 4. The van der Waals surface area contributed by atoms with Gasteiger partial charge < -0.3 is 10.1 Å². The van der Waals surface area contributed by atoms with Gasteiger partial charge in [-0.25, -0.2) is 0 Å². The van der Waals surface area contributed by atoms with Crippen LogP contribution < -0.4 is 5.32 Å². The summed E-state index contributed by atoms with van der Waals surface area (Å²) >= 11 is 0. The second-order valence-electron chi connectivity index (χ2n) is 3.55. The van der Waals surface area contributed by atoms with Crippen molar-refractivity contribution in [3.05, 3.63) is 0 Å². The van der Waals surface area contributed by atoms with Crippen molar-refractivity contribution in [2.24, 2.45) is 5.41 Å². The van der Waals surface area contributed by atoms with Gasteiger partial charge in [0, 0.05) is 6.92 Å². The quantitative estimate of drug-likeness (QED) is 0.529. The maximum Gasteiger partial charge on any atom is 0.313 e. The molecule has 0 aromatic carbocycles. The van der Waals surface area contributed by atoms with E-state index in [-0.39, 0.29) is 18.6 Å². The van der Waals surface area contributed by atoms with Gasteiger partial charge in [-0.15, -0.1) is 0 Å². The van der Waals surface area contributed by atoms with Crippen molar-refractivity contribution in [1.29, 1.82) is 0 Å². The molecule has 0 fully saturated rings. The molecule has 0 saturated heterocycles. The molecular formula is C9H17NO3. The molecule has 1 amide bonds. The third-order valence-electron chi connectivity index (χ3n) is 1.96. The number of hydrogen-bond acceptors (Lipinski definition) is 3. The van der Waals surface area contributed by atoms with Crippen molar-refractivity contribution >= 4 is 11.9 Å². The monoisotopic (exact) mass is 187 g/mol. The van der Waals surface area contributed by atoms with Crippen molar-refractivity contribution < 1.29 is 14.3 Å². The molecular weight excluding hydrogens is 170 g/mol. The van der Waals surface area contributed by atoms with Gasteiger partial charge in [0.25, 0.3) is 0 Å². The number of carbonyl (C=O) groups is 2. The van der Waals surface area contributed by atoms with E-state index in [0.717, 1.165) is 0 Å². The van der Waals surface area contributed by atoms with E-state index in [1.54, 1.807) is 0 Å². The van der Waals surface area contributed by atoms with Crippen LogP contribution in [0.25, 0.3) is 0 Å². The second kappa shape index (κ2) is 4.84. The van der Waals surface area contributed by atoms with Gasteiger partial charge in [0.1, 0.15) is 0 Å².